The molecule has 0 spiro atoms. The van der Waals surface area contributed by atoms with Gasteiger partial charge in [-0.05, 0) is 24.3 Å². The number of benzene rings is 7. The van der Waals surface area contributed by atoms with Gasteiger partial charge in [0.1, 0.15) is 6.15 Å². The summed E-state index contributed by atoms with van der Waals surface area (Å²) in [5, 5.41) is 0. The topological polar surface area (TPSA) is 55.4 Å². The van der Waals surface area contributed by atoms with Crippen LogP contribution < -0.4 is 49.4 Å². The SMILES string of the molecule is COCCOc1ccccc1[Se+](c1ccccc1OCCOC)c1ccccc1OCCOC.FC(F)(F)c1cc([B-](c2cc(C(F)(F)F)cc(C(F)(F)F)c2)(c2cc(C(F)(F)F)cc(C(F)(F)F)c2)c2cc(C(F)(F)F)cc(C(F)(F)F)c2)cc(C(F)(F)F)c1. The quantitative estimate of drug-likeness (QED) is 0.0457. The van der Waals surface area contributed by atoms with Crippen LogP contribution in [0.25, 0.3) is 0 Å². The molecule has 0 aliphatic heterocycles. The first kappa shape index (κ1) is 72.8. The second kappa shape index (κ2) is 28.3. The molecule has 0 atom stereocenters. The van der Waals surface area contributed by atoms with E-state index in [0.717, 1.165) is 30.6 Å². The van der Waals surface area contributed by atoms with Crippen molar-refractivity contribution in [3.05, 3.63) is 190 Å². The molecule has 0 saturated heterocycles. The van der Waals surface area contributed by atoms with Crippen molar-refractivity contribution in [1.29, 1.82) is 0 Å². The molecular formula is C59H45BF24O6Se. The smallest absolute Gasteiger partial charge is 0.194 e. The number of rotatable bonds is 19. The summed E-state index contributed by atoms with van der Waals surface area (Å²) in [6.45, 7) is 2.99. The molecule has 7 aromatic carbocycles. The molecule has 32 heteroatoms. The fourth-order valence-corrected chi connectivity index (χ4v) is 14.3. The van der Waals surface area contributed by atoms with Gasteiger partial charge in [0.15, 0.2) is 0 Å². The molecule has 0 bridgehead atoms. The van der Waals surface area contributed by atoms with Gasteiger partial charge in [-0.2, -0.15) is 127 Å². The van der Waals surface area contributed by atoms with Gasteiger partial charge in [-0.1, -0.05) is 48.5 Å². The van der Waals surface area contributed by atoms with E-state index in [1.807, 2.05) is 36.4 Å². The van der Waals surface area contributed by atoms with E-state index >= 15 is 0 Å². The Morgan fingerprint density at radius 1 is 0.264 bits per heavy atom. The summed E-state index contributed by atoms with van der Waals surface area (Å²) >= 11 is -1.89. The van der Waals surface area contributed by atoms with E-state index in [9.17, 15) is 105 Å². The van der Waals surface area contributed by atoms with Gasteiger partial charge in [-0.3, -0.25) is 0 Å². The van der Waals surface area contributed by atoms with Crippen molar-refractivity contribution < 1.29 is 134 Å². The van der Waals surface area contributed by atoms with Crippen LogP contribution >= 0.6 is 0 Å². The standard InChI is InChI=1S/C32H12BF24.C27H33O6Se/c34-25(35,36)13-1-14(26(37,38)39)6-21(5-13)33(22-7-15(27(40,41)42)2-16(8-22)28(43,44)45,23-9-17(29(46,47)48)3-18(10-23)30(49,50)51)24-11-19(31(52,53)54)4-20(12-24)32(55,56)57;1-28-16-19-31-22-10-4-7-13-25(22)34(26-14-8-5-11-23(26)32-20-17-29-2)27-15-9-6-12-24(27)33-21-18-30-3/h1-12H;4-15H,16-21H2,1-3H3/q-1;+1. The van der Waals surface area contributed by atoms with Gasteiger partial charge in [-0.15, -0.1) is 0 Å². The second-order valence-corrected chi connectivity index (χ2v) is 23.4. The third-order valence-corrected chi connectivity index (χ3v) is 18.2. The minimum absolute atomic E-state index is 0.477. The summed E-state index contributed by atoms with van der Waals surface area (Å²) in [5.74, 6) is 2.55. The number of alkyl halides is 24. The minimum atomic E-state index is -6.13. The first-order chi connectivity index (χ1) is 42.1. The van der Waals surface area contributed by atoms with Gasteiger partial charge < -0.3 is 0 Å². The molecule has 91 heavy (non-hydrogen) atoms. The molecule has 0 amide bonds. The van der Waals surface area contributed by atoms with Crippen LogP contribution in [0.5, 0.6) is 17.2 Å². The first-order valence-corrected chi connectivity index (χ1v) is 28.4. The van der Waals surface area contributed by atoms with Gasteiger partial charge in [-0.25, -0.2) is 0 Å². The normalized spacial score (nSPS) is 13.1. The van der Waals surface area contributed by atoms with E-state index in [-0.39, 0.29) is 0 Å². The maximum atomic E-state index is 14.2. The summed E-state index contributed by atoms with van der Waals surface area (Å²) in [6.07, 6.45) is -54.8. The predicted octanol–water partition coefficient (Wildman–Crippen LogP) is 13.5. The molecule has 0 fully saturated rings. The van der Waals surface area contributed by atoms with E-state index in [0.29, 0.717) is 39.6 Å². The fourth-order valence-electron chi connectivity index (χ4n) is 9.34. The van der Waals surface area contributed by atoms with Crippen molar-refractivity contribution in [1.82, 2.24) is 0 Å². The van der Waals surface area contributed by atoms with Crippen molar-refractivity contribution in [2.75, 3.05) is 61.0 Å². The minimum Gasteiger partial charge on any atom is -0.194 e. The van der Waals surface area contributed by atoms with Gasteiger partial charge in [0, 0.05) is 0 Å². The molecule has 7 aromatic rings. The van der Waals surface area contributed by atoms with E-state index < -0.39 is 209 Å². The maximum Gasteiger partial charge on any atom is 0.416 e. The largest absolute Gasteiger partial charge is 0.416 e. The zero-order valence-electron chi connectivity index (χ0n) is 46.6. The zero-order valence-corrected chi connectivity index (χ0v) is 48.3. The van der Waals surface area contributed by atoms with Gasteiger partial charge >= 0.3 is 256 Å². The molecule has 0 unspecified atom stereocenters. The molecule has 494 valence electrons. The van der Waals surface area contributed by atoms with Crippen LogP contribution in [-0.4, -0.2) is 81.0 Å². The van der Waals surface area contributed by atoms with Crippen LogP contribution in [0.2, 0.25) is 0 Å². The van der Waals surface area contributed by atoms with E-state index in [1.54, 1.807) is 21.3 Å². The Labute approximate surface area is 505 Å². The Morgan fingerprint density at radius 3 is 0.604 bits per heavy atom. The zero-order chi connectivity index (χ0) is 67.9. The van der Waals surface area contributed by atoms with E-state index in [4.69, 9.17) is 28.4 Å². The molecule has 0 saturated carbocycles. The van der Waals surface area contributed by atoms with Crippen LogP contribution in [-0.2, 0) is 63.6 Å². The Morgan fingerprint density at radius 2 is 0.440 bits per heavy atom. The summed E-state index contributed by atoms with van der Waals surface area (Å²) in [6, 6.07) is 15.8. The molecule has 0 radical (unpaired) electrons. The summed E-state index contributed by atoms with van der Waals surface area (Å²) in [4.78, 5) is 0. The van der Waals surface area contributed by atoms with Crippen LogP contribution in [0.4, 0.5) is 105 Å². The number of para-hydroxylation sites is 3. The van der Waals surface area contributed by atoms with Crippen molar-refractivity contribution in [3.8, 4) is 17.2 Å². The van der Waals surface area contributed by atoms with Crippen LogP contribution in [0.3, 0.4) is 0 Å². The van der Waals surface area contributed by atoms with Gasteiger partial charge in [0.2, 0.25) is 0 Å². The van der Waals surface area contributed by atoms with E-state index in [2.05, 4.69) is 36.4 Å². The second-order valence-electron chi connectivity index (χ2n) is 19.4. The Kier molecular flexibility index (Phi) is 22.6. The molecule has 0 aliphatic rings. The summed E-state index contributed by atoms with van der Waals surface area (Å²) < 4.78 is 378. The number of ether oxygens (including phenoxy) is 6. The molecule has 0 aromatic heterocycles. The van der Waals surface area contributed by atoms with Gasteiger partial charge in [0.25, 0.3) is 0 Å². The Balaban J connectivity index is 0.000000329. The Hall–Kier alpha value is -7.28. The average Bonchev–Trinajstić information content (AvgIpc) is 0.710. The number of methoxy groups -OCH3 is 3. The first-order valence-electron chi connectivity index (χ1n) is 25.8. The van der Waals surface area contributed by atoms with Crippen molar-refractivity contribution in [2.24, 2.45) is 0 Å². The van der Waals surface area contributed by atoms with Crippen LogP contribution in [0.1, 0.15) is 44.5 Å². The number of hydrogen-bond acceptors (Lipinski definition) is 6. The molecule has 0 N–H and O–H groups in total. The fraction of sp³-hybridized carbons (Fsp3) is 0.288. The number of hydrogen-bond donors (Lipinski definition) is 0. The average molecular weight is 1400 g/mol. The van der Waals surface area contributed by atoms with Crippen molar-refractivity contribution >= 4 is 55.3 Å². The molecule has 7 rings (SSSR count). The van der Waals surface area contributed by atoms with Gasteiger partial charge in [0.05, 0.1) is 44.5 Å². The molecule has 0 heterocycles. The molecule has 0 aliphatic carbocycles. The maximum absolute atomic E-state index is 14.2. The summed E-state index contributed by atoms with van der Waals surface area (Å²) in [5.41, 5.74) is -30.2. The van der Waals surface area contributed by atoms with Crippen LogP contribution in [0, 0.1) is 0 Å². The van der Waals surface area contributed by atoms with Crippen molar-refractivity contribution in [3.63, 3.8) is 0 Å². The third kappa shape index (κ3) is 18.1. The molecule has 6 nitrogen and oxygen atoms in total. The van der Waals surface area contributed by atoms with E-state index in [1.165, 1.54) is 0 Å². The summed E-state index contributed by atoms with van der Waals surface area (Å²) in [7, 11) is 5.02. The van der Waals surface area contributed by atoms with Crippen molar-refractivity contribution in [2.45, 2.75) is 49.4 Å². The third-order valence-electron chi connectivity index (χ3n) is 13.3. The Bertz CT molecular complexity index is 3030. The van der Waals surface area contributed by atoms with Crippen LogP contribution in [0.15, 0.2) is 146 Å². The monoisotopic (exact) mass is 1400 g/mol. The predicted molar refractivity (Wildman–Crippen MR) is 286 cm³/mol. The molecular weight excluding hydrogens is 1350 g/mol. The number of halogens is 24.